The minimum atomic E-state index is -0.205. The summed E-state index contributed by atoms with van der Waals surface area (Å²) >= 11 is 0. The van der Waals surface area contributed by atoms with E-state index in [1.807, 2.05) is 44.2 Å². The molecule has 1 aromatic heterocycles. The maximum atomic E-state index is 11.7. The number of carbonyl (C=O) groups excluding carboxylic acids is 1. The quantitative estimate of drug-likeness (QED) is 0.885. The van der Waals surface area contributed by atoms with Crippen molar-refractivity contribution in [3.8, 4) is 0 Å². The van der Waals surface area contributed by atoms with Crippen molar-refractivity contribution >= 4 is 6.03 Å². The predicted octanol–water partition coefficient (Wildman–Crippen LogP) is 2.29. The van der Waals surface area contributed by atoms with E-state index in [9.17, 15) is 4.79 Å². The van der Waals surface area contributed by atoms with Crippen LogP contribution < -0.4 is 10.6 Å². The lowest BCUT2D eigenvalue weighted by atomic mass is 10.2. The second kappa shape index (κ2) is 6.04. The van der Waals surface area contributed by atoms with Gasteiger partial charge in [-0.2, -0.15) is 0 Å². The second-order valence-corrected chi connectivity index (χ2v) is 4.32. The zero-order valence-corrected chi connectivity index (χ0v) is 11.1. The van der Waals surface area contributed by atoms with Crippen LogP contribution in [0.5, 0.6) is 0 Å². The Kier molecular flexibility index (Phi) is 4.18. The largest absolute Gasteiger partial charge is 0.361 e. The van der Waals surface area contributed by atoms with Gasteiger partial charge < -0.3 is 15.2 Å². The van der Waals surface area contributed by atoms with E-state index in [0.29, 0.717) is 13.1 Å². The molecule has 2 N–H and O–H groups in total. The molecule has 5 heteroatoms. The van der Waals surface area contributed by atoms with Crippen molar-refractivity contribution in [3.63, 3.8) is 0 Å². The molecule has 2 rings (SSSR count). The van der Waals surface area contributed by atoms with Crippen LogP contribution in [0.2, 0.25) is 0 Å². The molecule has 100 valence electrons. The summed E-state index contributed by atoms with van der Waals surface area (Å²) in [6.07, 6.45) is 0. The molecule has 0 fully saturated rings. The fourth-order valence-corrected chi connectivity index (χ4v) is 1.76. The number of benzene rings is 1. The molecule has 0 aliphatic heterocycles. The number of nitrogens with one attached hydrogen (secondary N) is 2. The number of urea groups is 1. The van der Waals surface area contributed by atoms with Gasteiger partial charge in [-0.3, -0.25) is 0 Å². The van der Waals surface area contributed by atoms with E-state index < -0.39 is 0 Å². The maximum Gasteiger partial charge on any atom is 0.315 e. The lowest BCUT2D eigenvalue weighted by Gasteiger charge is -2.07. The van der Waals surface area contributed by atoms with Crippen LogP contribution in [0.4, 0.5) is 4.79 Å². The zero-order valence-electron chi connectivity index (χ0n) is 11.1. The molecule has 0 radical (unpaired) electrons. The van der Waals surface area contributed by atoms with E-state index in [-0.39, 0.29) is 6.03 Å². The topological polar surface area (TPSA) is 67.2 Å². The van der Waals surface area contributed by atoms with Gasteiger partial charge in [0.05, 0.1) is 5.69 Å². The summed E-state index contributed by atoms with van der Waals surface area (Å²) in [5.74, 6) is 0.737. The van der Waals surface area contributed by atoms with Gasteiger partial charge in [-0.05, 0) is 19.4 Å². The Hall–Kier alpha value is -2.30. The molecule has 1 aromatic carbocycles. The molecule has 0 spiro atoms. The van der Waals surface area contributed by atoms with Gasteiger partial charge in [-0.1, -0.05) is 35.5 Å². The van der Waals surface area contributed by atoms with Crippen molar-refractivity contribution in [2.45, 2.75) is 26.9 Å². The summed E-state index contributed by atoms with van der Waals surface area (Å²) in [5.41, 5.74) is 2.80. The number of hydrogen-bond acceptors (Lipinski definition) is 3. The monoisotopic (exact) mass is 259 g/mol. The summed E-state index contributed by atoms with van der Waals surface area (Å²) in [5, 5.41) is 9.43. The standard InChI is InChI=1S/C14H17N3O2/c1-10-13(11(2)19-17-10)9-16-14(18)15-8-12-6-4-3-5-7-12/h3-7H,8-9H2,1-2H3,(H2,15,16,18). The fourth-order valence-electron chi connectivity index (χ4n) is 1.76. The van der Waals surface area contributed by atoms with Crippen molar-refractivity contribution in [2.24, 2.45) is 0 Å². The highest BCUT2D eigenvalue weighted by molar-refractivity contribution is 5.73. The second-order valence-electron chi connectivity index (χ2n) is 4.32. The Morgan fingerprint density at radius 3 is 2.47 bits per heavy atom. The minimum absolute atomic E-state index is 0.205. The Morgan fingerprint density at radius 2 is 1.84 bits per heavy atom. The molecule has 2 amide bonds. The van der Waals surface area contributed by atoms with Crippen LogP contribution in [-0.2, 0) is 13.1 Å². The highest BCUT2D eigenvalue weighted by Crippen LogP contribution is 2.11. The van der Waals surface area contributed by atoms with Crippen molar-refractivity contribution in [1.29, 1.82) is 0 Å². The van der Waals surface area contributed by atoms with Crippen molar-refractivity contribution in [1.82, 2.24) is 15.8 Å². The normalized spacial score (nSPS) is 10.2. The Labute approximate surface area is 112 Å². The summed E-state index contributed by atoms with van der Waals surface area (Å²) in [6, 6.07) is 9.56. The maximum absolute atomic E-state index is 11.7. The first kappa shape index (κ1) is 13.1. The molecule has 19 heavy (non-hydrogen) atoms. The average molecular weight is 259 g/mol. The lowest BCUT2D eigenvalue weighted by molar-refractivity contribution is 0.240. The fraction of sp³-hybridized carbons (Fsp3) is 0.286. The van der Waals surface area contributed by atoms with E-state index in [1.165, 1.54) is 0 Å². The van der Waals surface area contributed by atoms with Gasteiger partial charge in [0.25, 0.3) is 0 Å². The van der Waals surface area contributed by atoms with E-state index in [1.54, 1.807) is 0 Å². The van der Waals surface area contributed by atoms with Gasteiger partial charge in [0.1, 0.15) is 5.76 Å². The van der Waals surface area contributed by atoms with Crippen LogP contribution in [0.1, 0.15) is 22.6 Å². The van der Waals surface area contributed by atoms with Crippen LogP contribution in [0.3, 0.4) is 0 Å². The molecular formula is C14H17N3O2. The van der Waals surface area contributed by atoms with E-state index in [0.717, 1.165) is 22.6 Å². The Bertz CT molecular complexity index is 530. The Morgan fingerprint density at radius 1 is 1.16 bits per heavy atom. The van der Waals surface area contributed by atoms with E-state index in [2.05, 4.69) is 15.8 Å². The van der Waals surface area contributed by atoms with E-state index in [4.69, 9.17) is 4.52 Å². The highest BCUT2D eigenvalue weighted by atomic mass is 16.5. The van der Waals surface area contributed by atoms with Crippen molar-refractivity contribution in [2.75, 3.05) is 0 Å². The predicted molar refractivity (Wildman–Crippen MR) is 71.5 cm³/mol. The number of hydrogen-bond donors (Lipinski definition) is 2. The third-order valence-electron chi connectivity index (χ3n) is 2.90. The van der Waals surface area contributed by atoms with Crippen LogP contribution in [-0.4, -0.2) is 11.2 Å². The number of rotatable bonds is 4. The van der Waals surface area contributed by atoms with Crippen LogP contribution in [0, 0.1) is 13.8 Å². The van der Waals surface area contributed by atoms with Crippen molar-refractivity contribution < 1.29 is 9.32 Å². The van der Waals surface area contributed by atoms with Crippen LogP contribution in [0.25, 0.3) is 0 Å². The molecule has 0 saturated heterocycles. The minimum Gasteiger partial charge on any atom is -0.361 e. The summed E-state index contributed by atoms with van der Waals surface area (Å²) in [7, 11) is 0. The molecule has 0 bridgehead atoms. The average Bonchev–Trinajstić information content (AvgIpc) is 2.75. The van der Waals surface area contributed by atoms with E-state index >= 15 is 0 Å². The molecule has 0 aliphatic carbocycles. The first-order valence-electron chi connectivity index (χ1n) is 6.14. The molecule has 0 unspecified atom stereocenters. The lowest BCUT2D eigenvalue weighted by Crippen LogP contribution is -2.34. The molecule has 0 saturated carbocycles. The first-order chi connectivity index (χ1) is 9.16. The number of carbonyl (C=O) groups is 1. The van der Waals surface area contributed by atoms with Crippen LogP contribution in [0.15, 0.2) is 34.9 Å². The molecule has 5 nitrogen and oxygen atoms in total. The van der Waals surface area contributed by atoms with Gasteiger partial charge >= 0.3 is 6.03 Å². The number of aromatic nitrogens is 1. The SMILES string of the molecule is Cc1noc(C)c1CNC(=O)NCc1ccccc1. The first-order valence-corrected chi connectivity index (χ1v) is 6.14. The van der Waals surface area contributed by atoms with Crippen molar-refractivity contribution in [3.05, 3.63) is 52.9 Å². The number of nitrogens with zero attached hydrogens (tertiary/aromatic N) is 1. The number of aryl methyl sites for hydroxylation is 2. The molecule has 1 heterocycles. The summed E-state index contributed by atoms with van der Waals surface area (Å²) in [4.78, 5) is 11.7. The summed E-state index contributed by atoms with van der Waals surface area (Å²) < 4.78 is 5.04. The van der Waals surface area contributed by atoms with Crippen LogP contribution >= 0.6 is 0 Å². The highest BCUT2D eigenvalue weighted by Gasteiger charge is 2.09. The molecule has 0 atom stereocenters. The smallest absolute Gasteiger partial charge is 0.315 e. The van der Waals surface area contributed by atoms with Gasteiger partial charge in [0.15, 0.2) is 0 Å². The molecule has 2 aromatic rings. The van der Waals surface area contributed by atoms with Gasteiger partial charge in [-0.15, -0.1) is 0 Å². The molecule has 0 aliphatic rings. The molecular weight excluding hydrogens is 242 g/mol. The van der Waals surface area contributed by atoms with Gasteiger partial charge in [0.2, 0.25) is 0 Å². The zero-order chi connectivity index (χ0) is 13.7. The Balaban J connectivity index is 1.79. The van der Waals surface area contributed by atoms with Gasteiger partial charge in [0, 0.05) is 18.7 Å². The summed E-state index contributed by atoms with van der Waals surface area (Å²) in [6.45, 7) is 4.62. The third-order valence-corrected chi connectivity index (χ3v) is 2.90. The number of amides is 2. The van der Waals surface area contributed by atoms with Gasteiger partial charge in [-0.25, -0.2) is 4.79 Å². The third kappa shape index (κ3) is 3.58.